The van der Waals surface area contributed by atoms with Crippen LogP contribution in [0.5, 0.6) is 0 Å². The van der Waals surface area contributed by atoms with Crippen molar-refractivity contribution in [1.82, 2.24) is 0 Å². The van der Waals surface area contributed by atoms with E-state index >= 15 is 0 Å². The van der Waals surface area contributed by atoms with E-state index in [0.717, 1.165) is 0 Å². The summed E-state index contributed by atoms with van der Waals surface area (Å²) in [4.78, 5) is -0.283. The molecule has 0 spiro atoms. The first-order chi connectivity index (χ1) is 27.5. The van der Waals surface area contributed by atoms with Gasteiger partial charge in [0.2, 0.25) is 0 Å². The summed E-state index contributed by atoms with van der Waals surface area (Å²) in [6.45, 7) is 0. The average molecular weight is 509 g/mol. The highest BCUT2D eigenvalue weighted by Crippen LogP contribution is 2.50. The second kappa shape index (κ2) is 8.09. The van der Waals surface area contributed by atoms with Gasteiger partial charge in [-0.2, -0.15) is 0 Å². The fraction of sp³-hybridized carbons (Fsp3) is 0. The highest BCUT2D eigenvalue weighted by atomic mass is 32.2. The summed E-state index contributed by atoms with van der Waals surface area (Å²) < 4.78 is 195. The largest absolute Gasteiger partial charge is 0.0888 e. The normalized spacial score (nSPS) is 20.5. The van der Waals surface area contributed by atoms with Crippen molar-refractivity contribution >= 4 is 44.1 Å². The van der Waals surface area contributed by atoms with E-state index in [4.69, 9.17) is 23.3 Å². The Balaban J connectivity index is 1.73. The molecule has 1 aliphatic rings. The Morgan fingerprint density at radius 1 is 0.432 bits per heavy atom. The third-order valence-corrected chi connectivity index (χ3v) is 7.09. The molecule has 0 nitrogen and oxygen atoms in total. The summed E-state index contributed by atoms with van der Waals surface area (Å²) >= 11 is 0.658. The second-order valence-electron chi connectivity index (χ2n) is 8.01. The molecule has 0 atom stereocenters. The molecule has 7 aromatic rings. The number of hydrogen-bond acceptors (Lipinski definition) is 1. The molecule has 172 valence electrons. The second-order valence-corrected chi connectivity index (χ2v) is 9.03. The molecule has 0 saturated heterocycles. The fourth-order valence-corrected chi connectivity index (χ4v) is 5.55. The van der Waals surface area contributed by atoms with Gasteiger partial charge in [-0.3, -0.25) is 0 Å². The lowest BCUT2D eigenvalue weighted by atomic mass is 9.85. The van der Waals surface area contributed by atoms with Crippen LogP contribution in [-0.2, 0) is 0 Å². The summed E-state index contributed by atoms with van der Waals surface area (Å²) in [5.41, 5.74) is -3.11. The Kier molecular flexibility index (Phi) is 1.88. The molecule has 0 aliphatic carbocycles. The summed E-state index contributed by atoms with van der Waals surface area (Å²) in [5, 5.41) is -2.80. The predicted molar refractivity (Wildman–Crippen MR) is 159 cm³/mol. The maximum absolute atomic E-state index is 9.78. The van der Waals surface area contributed by atoms with Gasteiger partial charge in [0.15, 0.2) is 0 Å². The molecule has 0 amide bonds. The molecule has 0 fully saturated rings. The molecule has 0 N–H and O–H groups in total. The SMILES string of the molecule is [2H]c1c([2H])c([2H])c(-c2c3c([2H])c([2H])c([2H])c([2H])c3c(-c3c([2H])c([2H])c4c(c3[2H])-c3c([2H])c([2H])c([2H])c5c([2H])c([2H])c([2H])c(c35)S4)c3c([2H])c([2H])c([2H])c([2H])c23)c([2H])c1[2H]. The van der Waals surface area contributed by atoms with Crippen molar-refractivity contribution in [3.8, 4) is 33.4 Å². The van der Waals surface area contributed by atoms with Gasteiger partial charge in [-0.1, -0.05) is 127 Å². The molecule has 1 aliphatic heterocycles. The van der Waals surface area contributed by atoms with E-state index in [1.165, 1.54) is 0 Å². The first kappa shape index (κ1) is 8.62. The van der Waals surface area contributed by atoms with Crippen molar-refractivity contribution in [1.29, 1.82) is 0 Å². The zero-order valence-corrected chi connectivity index (χ0v) is 19.2. The van der Waals surface area contributed by atoms with Crippen molar-refractivity contribution in [2.45, 2.75) is 9.79 Å². The molecule has 8 rings (SSSR count). The van der Waals surface area contributed by atoms with Gasteiger partial charge in [-0.25, -0.2) is 0 Å². The standard InChI is InChI=1S/C36H22S/c1-2-10-23(11-3-1)34-26-14-4-6-16-28(26)35(29-17-7-5-15-27(29)34)25-20-21-32-31(22-25)30-18-8-12-24-13-9-19-33(37-32)36(24)30/h1-22H/i1D,2D,3D,4D,5D,6D,7D,8D,9D,10D,11D,12D,13D,14D,15D,16D,17D,18D,19D,20D,21D,22D. The third-order valence-electron chi connectivity index (χ3n) is 6.07. The van der Waals surface area contributed by atoms with Gasteiger partial charge in [0.1, 0.15) is 0 Å². The Morgan fingerprint density at radius 2 is 1.03 bits per heavy atom. The number of hydrogen-bond donors (Lipinski definition) is 0. The molecular weight excluding hydrogens is 464 g/mol. The van der Waals surface area contributed by atoms with E-state index in [0.29, 0.717) is 11.8 Å². The van der Waals surface area contributed by atoms with Crippen molar-refractivity contribution in [2.24, 2.45) is 0 Å². The molecule has 1 heteroatoms. The summed E-state index contributed by atoms with van der Waals surface area (Å²) in [6, 6.07) is -17.3. The van der Waals surface area contributed by atoms with Crippen LogP contribution in [0, 0.1) is 0 Å². The van der Waals surface area contributed by atoms with E-state index in [9.17, 15) is 6.85 Å². The molecule has 7 aromatic carbocycles. The number of rotatable bonds is 2. The minimum Gasteiger partial charge on any atom is -0.0888 e. The first-order valence-corrected chi connectivity index (χ1v) is 11.7. The van der Waals surface area contributed by atoms with Crippen LogP contribution in [0.25, 0.3) is 65.7 Å². The van der Waals surface area contributed by atoms with Crippen LogP contribution in [0.2, 0.25) is 0 Å². The zero-order valence-electron chi connectivity index (χ0n) is 40.4. The van der Waals surface area contributed by atoms with E-state index < -0.39 is 177 Å². The Labute approximate surface area is 251 Å². The Hall–Kier alpha value is -4.33. The highest BCUT2D eigenvalue weighted by molar-refractivity contribution is 7.99. The maximum Gasteiger partial charge on any atom is 0.0636 e. The van der Waals surface area contributed by atoms with E-state index in [-0.39, 0.29) is 31.7 Å². The van der Waals surface area contributed by atoms with Crippen molar-refractivity contribution in [3.05, 3.63) is 133 Å². The summed E-state index contributed by atoms with van der Waals surface area (Å²) in [7, 11) is 0. The average Bonchev–Trinajstić information content (AvgIpc) is 3.21. The first-order valence-electron chi connectivity index (χ1n) is 21.9. The lowest BCUT2D eigenvalue weighted by molar-refractivity contribution is 1.40. The Bertz CT molecular complexity index is 3090. The minimum atomic E-state index is -0.889. The molecular formula is C36H22S. The van der Waals surface area contributed by atoms with Gasteiger partial charge in [0.05, 0.1) is 30.2 Å². The van der Waals surface area contributed by atoms with Gasteiger partial charge < -0.3 is 0 Å². The summed E-state index contributed by atoms with van der Waals surface area (Å²) in [5.74, 6) is 0. The van der Waals surface area contributed by atoms with Crippen LogP contribution in [-0.4, -0.2) is 0 Å². The van der Waals surface area contributed by atoms with Crippen LogP contribution in [0.15, 0.2) is 143 Å². The van der Waals surface area contributed by atoms with Crippen LogP contribution < -0.4 is 0 Å². The van der Waals surface area contributed by atoms with E-state index in [2.05, 4.69) is 0 Å². The van der Waals surface area contributed by atoms with Gasteiger partial charge in [-0.15, -0.1) is 0 Å². The molecule has 0 bridgehead atoms. The van der Waals surface area contributed by atoms with Gasteiger partial charge in [0.25, 0.3) is 0 Å². The topological polar surface area (TPSA) is 0 Å². The molecule has 0 saturated carbocycles. The highest BCUT2D eigenvalue weighted by Gasteiger charge is 2.21. The third kappa shape index (κ3) is 3.11. The van der Waals surface area contributed by atoms with Gasteiger partial charge in [0, 0.05) is 15.2 Å². The monoisotopic (exact) mass is 508 g/mol. The predicted octanol–water partition coefficient (Wildman–Crippen LogP) is 10.6. The quantitative estimate of drug-likeness (QED) is 0.209. The van der Waals surface area contributed by atoms with E-state index in [1.54, 1.807) is 0 Å². The summed E-state index contributed by atoms with van der Waals surface area (Å²) in [6.07, 6.45) is 0. The fourth-order valence-electron chi connectivity index (χ4n) is 4.58. The van der Waals surface area contributed by atoms with Crippen molar-refractivity contribution in [3.63, 3.8) is 0 Å². The van der Waals surface area contributed by atoms with Crippen molar-refractivity contribution in [2.75, 3.05) is 0 Å². The van der Waals surface area contributed by atoms with Crippen LogP contribution in [0.3, 0.4) is 0 Å². The molecule has 1 heterocycles. The van der Waals surface area contributed by atoms with Crippen LogP contribution in [0.4, 0.5) is 0 Å². The van der Waals surface area contributed by atoms with Gasteiger partial charge in [-0.05, 0) is 78.4 Å². The minimum absolute atomic E-state index is 0.0762. The number of benzene rings is 7. The lowest BCUT2D eigenvalue weighted by Crippen LogP contribution is -1.95. The van der Waals surface area contributed by atoms with Crippen LogP contribution in [0.1, 0.15) is 30.2 Å². The van der Waals surface area contributed by atoms with Crippen LogP contribution >= 0.6 is 11.8 Å². The lowest BCUT2D eigenvalue weighted by Gasteiger charge is -2.22. The molecule has 0 unspecified atom stereocenters. The Morgan fingerprint density at radius 3 is 1.70 bits per heavy atom. The molecule has 37 heavy (non-hydrogen) atoms. The van der Waals surface area contributed by atoms with E-state index in [1.807, 2.05) is 0 Å². The molecule has 0 radical (unpaired) electrons. The number of fused-ring (bicyclic) bond motifs is 4. The smallest absolute Gasteiger partial charge is 0.0636 e. The van der Waals surface area contributed by atoms with Gasteiger partial charge >= 0.3 is 0 Å². The maximum atomic E-state index is 9.78. The zero-order chi connectivity index (χ0) is 43.5. The molecule has 0 aromatic heterocycles. The van der Waals surface area contributed by atoms with Crippen molar-refractivity contribution < 1.29 is 30.2 Å².